The molecule has 0 bridgehead atoms. The molecule has 3 amide bonds. The number of fused-ring (bicyclic) bond motifs is 1. The maximum Gasteiger partial charge on any atom is 0.418 e. The van der Waals surface area contributed by atoms with Crippen LogP contribution in [0.1, 0.15) is 31.2 Å². The Morgan fingerprint density at radius 3 is 2.24 bits per heavy atom. The van der Waals surface area contributed by atoms with E-state index in [1.165, 1.54) is 12.1 Å². The van der Waals surface area contributed by atoms with Gasteiger partial charge in [0.2, 0.25) is 11.8 Å². The van der Waals surface area contributed by atoms with Gasteiger partial charge in [0.15, 0.2) is 6.61 Å². The fraction of sp³-hybridized carbons (Fsp3) is 0.474. The highest BCUT2D eigenvalue weighted by Gasteiger charge is 2.48. The predicted molar refractivity (Wildman–Crippen MR) is 93.2 cm³/mol. The zero-order valence-electron chi connectivity index (χ0n) is 15.3. The summed E-state index contributed by atoms with van der Waals surface area (Å²) in [6.07, 6.45) is -1.77. The number of benzene rings is 1. The molecule has 2 aliphatic rings. The minimum Gasteiger partial charge on any atom is -0.454 e. The third kappa shape index (κ3) is 4.57. The van der Waals surface area contributed by atoms with Gasteiger partial charge in [0.25, 0.3) is 5.91 Å². The number of carbonyl (C=O) groups excluding carboxylic acids is 4. The largest absolute Gasteiger partial charge is 0.454 e. The zero-order chi connectivity index (χ0) is 21.2. The molecule has 1 N–H and O–H groups in total. The summed E-state index contributed by atoms with van der Waals surface area (Å²) in [6.45, 7) is -1.45. The van der Waals surface area contributed by atoms with Gasteiger partial charge in [-0.1, -0.05) is 25.0 Å². The van der Waals surface area contributed by atoms with Gasteiger partial charge in [-0.15, -0.1) is 0 Å². The fourth-order valence-electron chi connectivity index (χ4n) is 3.73. The van der Waals surface area contributed by atoms with Gasteiger partial charge in [-0.2, -0.15) is 13.2 Å². The van der Waals surface area contributed by atoms with E-state index >= 15 is 0 Å². The first kappa shape index (κ1) is 20.8. The van der Waals surface area contributed by atoms with Crippen LogP contribution in [0.2, 0.25) is 0 Å². The second kappa shape index (κ2) is 8.22. The number of likely N-dealkylation sites (tertiary alicyclic amines) is 1. The Morgan fingerprint density at radius 1 is 1.07 bits per heavy atom. The molecule has 3 rings (SSSR count). The number of nitrogens with zero attached hydrogens (tertiary/aromatic N) is 1. The molecule has 1 aliphatic heterocycles. The molecule has 0 unspecified atom stereocenters. The number of carbonyl (C=O) groups is 4. The highest BCUT2D eigenvalue weighted by molar-refractivity contribution is 6.07. The molecule has 1 saturated heterocycles. The zero-order valence-corrected chi connectivity index (χ0v) is 15.3. The predicted octanol–water partition coefficient (Wildman–Crippen LogP) is 2.36. The van der Waals surface area contributed by atoms with Gasteiger partial charge in [-0.25, -0.2) is 0 Å². The molecule has 156 valence electrons. The molecule has 1 aromatic carbocycles. The number of rotatable bonds is 5. The van der Waals surface area contributed by atoms with Crippen LogP contribution in [0.5, 0.6) is 0 Å². The lowest BCUT2D eigenvalue weighted by Crippen LogP contribution is -2.37. The summed E-state index contributed by atoms with van der Waals surface area (Å²) in [5.41, 5.74) is -1.49. The number of imide groups is 1. The summed E-state index contributed by atoms with van der Waals surface area (Å²) in [4.78, 5) is 49.3. The Morgan fingerprint density at radius 2 is 1.66 bits per heavy atom. The first-order valence-electron chi connectivity index (χ1n) is 9.15. The second-order valence-electron chi connectivity index (χ2n) is 7.01. The van der Waals surface area contributed by atoms with Gasteiger partial charge in [-0.3, -0.25) is 24.1 Å². The molecule has 2 atom stereocenters. The van der Waals surface area contributed by atoms with Crippen molar-refractivity contribution in [2.45, 2.75) is 31.9 Å². The molecule has 0 aromatic heterocycles. The minimum atomic E-state index is -4.66. The highest BCUT2D eigenvalue weighted by Crippen LogP contribution is 2.38. The number of hydrogen-bond acceptors (Lipinski definition) is 5. The quantitative estimate of drug-likeness (QED) is 0.592. The van der Waals surface area contributed by atoms with Crippen LogP contribution in [-0.4, -0.2) is 41.7 Å². The summed E-state index contributed by atoms with van der Waals surface area (Å²) in [7, 11) is 0. The molecule has 0 radical (unpaired) electrons. The van der Waals surface area contributed by atoms with Crippen LogP contribution in [-0.2, 0) is 30.1 Å². The lowest BCUT2D eigenvalue weighted by Gasteiger charge is -2.19. The van der Waals surface area contributed by atoms with Crippen LogP contribution < -0.4 is 5.32 Å². The summed E-state index contributed by atoms with van der Waals surface area (Å²) < 4.78 is 43.5. The number of alkyl halides is 3. The van der Waals surface area contributed by atoms with Crippen LogP contribution in [0.15, 0.2) is 24.3 Å². The van der Waals surface area contributed by atoms with Crippen LogP contribution in [0, 0.1) is 11.8 Å². The number of anilines is 1. The smallest absolute Gasteiger partial charge is 0.418 e. The van der Waals surface area contributed by atoms with Crippen molar-refractivity contribution >= 4 is 29.4 Å². The average molecular weight is 412 g/mol. The molecule has 1 heterocycles. The molecule has 1 aliphatic carbocycles. The third-order valence-corrected chi connectivity index (χ3v) is 5.09. The molecule has 0 spiro atoms. The molecule has 10 heteroatoms. The molecule has 1 aromatic rings. The van der Waals surface area contributed by atoms with Crippen molar-refractivity contribution in [3.63, 3.8) is 0 Å². The molecule has 1 saturated carbocycles. The normalized spacial score (nSPS) is 21.7. The van der Waals surface area contributed by atoms with Crippen molar-refractivity contribution in [2.75, 3.05) is 18.5 Å². The van der Waals surface area contributed by atoms with E-state index in [-0.39, 0.29) is 0 Å². The number of para-hydroxylation sites is 1. The monoisotopic (exact) mass is 412 g/mol. The third-order valence-electron chi connectivity index (χ3n) is 5.09. The summed E-state index contributed by atoms with van der Waals surface area (Å²) in [5.74, 6) is -3.61. The van der Waals surface area contributed by atoms with Crippen molar-refractivity contribution in [3.8, 4) is 0 Å². The number of halogens is 3. The molecule has 29 heavy (non-hydrogen) atoms. The van der Waals surface area contributed by atoms with Crippen LogP contribution >= 0.6 is 0 Å². The molecule has 7 nitrogen and oxygen atoms in total. The Bertz CT molecular complexity index is 815. The van der Waals surface area contributed by atoms with Crippen molar-refractivity contribution in [3.05, 3.63) is 29.8 Å². The van der Waals surface area contributed by atoms with Gasteiger partial charge in [0.05, 0.1) is 23.1 Å². The van der Waals surface area contributed by atoms with E-state index < -0.39 is 66.1 Å². The number of esters is 1. The summed E-state index contributed by atoms with van der Waals surface area (Å²) in [5, 5.41) is 2.04. The lowest BCUT2D eigenvalue weighted by atomic mass is 9.81. The van der Waals surface area contributed by atoms with Crippen molar-refractivity contribution in [2.24, 2.45) is 11.8 Å². The Kier molecular flexibility index (Phi) is 5.90. The minimum absolute atomic E-state index is 0.411. The fourth-order valence-corrected chi connectivity index (χ4v) is 3.73. The highest BCUT2D eigenvalue weighted by atomic mass is 19.4. The molecular formula is C19H19F3N2O5. The number of ether oxygens (including phenoxy) is 1. The van der Waals surface area contributed by atoms with E-state index in [1.54, 1.807) is 0 Å². The van der Waals surface area contributed by atoms with Crippen molar-refractivity contribution in [1.82, 2.24) is 4.90 Å². The average Bonchev–Trinajstić information content (AvgIpc) is 2.91. The van der Waals surface area contributed by atoms with Gasteiger partial charge < -0.3 is 10.1 Å². The van der Waals surface area contributed by atoms with E-state index in [9.17, 15) is 32.3 Å². The standard InChI is InChI=1S/C19H19F3N2O5/c20-19(21,22)13-7-3-4-8-14(13)23-15(25)10-29-16(26)9-24-17(27)11-5-1-2-6-12(11)18(24)28/h3-4,7-8,11-12H,1-2,5-6,9-10H2,(H,23,25)/t11-,12-/m1/s1. The van der Waals surface area contributed by atoms with Crippen LogP contribution in [0.4, 0.5) is 18.9 Å². The van der Waals surface area contributed by atoms with Crippen molar-refractivity contribution < 1.29 is 37.1 Å². The van der Waals surface area contributed by atoms with Gasteiger partial charge in [-0.05, 0) is 25.0 Å². The Balaban J connectivity index is 1.53. The Labute approximate surface area is 164 Å². The number of amides is 3. The number of hydrogen-bond donors (Lipinski definition) is 1. The topological polar surface area (TPSA) is 92.8 Å². The molecule has 2 fully saturated rings. The number of nitrogens with one attached hydrogen (secondary N) is 1. The van der Waals surface area contributed by atoms with Gasteiger partial charge in [0, 0.05) is 0 Å². The summed E-state index contributed by atoms with van der Waals surface area (Å²) >= 11 is 0. The van der Waals surface area contributed by atoms with E-state index in [1.807, 2.05) is 5.32 Å². The Hall–Kier alpha value is -2.91. The maximum absolute atomic E-state index is 12.9. The summed E-state index contributed by atoms with van der Waals surface area (Å²) in [6, 6.07) is 4.39. The lowest BCUT2D eigenvalue weighted by molar-refractivity contribution is -0.154. The van der Waals surface area contributed by atoms with E-state index in [4.69, 9.17) is 4.74 Å². The van der Waals surface area contributed by atoms with Crippen LogP contribution in [0.25, 0.3) is 0 Å². The SMILES string of the molecule is O=C(COC(=O)CN1C(=O)[C@@H]2CCCC[C@H]2C1=O)Nc1ccccc1C(F)(F)F. The van der Waals surface area contributed by atoms with Crippen LogP contribution in [0.3, 0.4) is 0 Å². The molecular weight excluding hydrogens is 393 g/mol. The first-order valence-corrected chi connectivity index (χ1v) is 9.15. The maximum atomic E-state index is 12.9. The van der Waals surface area contributed by atoms with E-state index in [2.05, 4.69) is 0 Å². The first-order chi connectivity index (χ1) is 13.7. The van der Waals surface area contributed by atoms with E-state index in [0.717, 1.165) is 29.9 Å². The van der Waals surface area contributed by atoms with Gasteiger partial charge >= 0.3 is 12.1 Å². The van der Waals surface area contributed by atoms with Crippen molar-refractivity contribution in [1.29, 1.82) is 0 Å². The second-order valence-corrected chi connectivity index (χ2v) is 7.01. The van der Waals surface area contributed by atoms with Gasteiger partial charge in [0.1, 0.15) is 6.54 Å². The van der Waals surface area contributed by atoms with E-state index in [0.29, 0.717) is 12.8 Å².